The zero-order chi connectivity index (χ0) is 20.9. The Morgan fingerprint density at radius 2 is 1.83 bits per heavy atom. The number of anilines is 1. The van der Waals surface area contributed by atoms with Gasteiger partial charge in [-0.25, -0.2) is 23.4 Å². The number of aryl methyl sites for hydroxylation is 1. The van der Waals surface area contributed by atoms with Crippen LogP contribution in [0.5, 0.6) is 0 Å². The summed E-state index contributed by atoms with van der Waals surface area (Å²) in [6.45, 7) is 1.80. The topological polar surface area (TPSA) is 174 Å². The quantitative estimate of drug-likeness (QED) is 0.414. The minimum atomic E-state index is -4.25. The van der Waals surface area contributed by atoms with E-state index >= 15 is 0 Å². The Labute approximate surface area is 165 Å². The van der Waals surface area contributed by atoms with Crippen molar-refractivity contribution in [3.63, 3.8) is 0 Å². The number of sulfone groups is 1. The van der Waals surface area contributed by atoms with E-state index in [9.17, 15) is 23.7 Å². The summed E-state index contributed by atoms with van der Waals surface area (Å²) in [5.41, 5.74) is 4.97. The summed E-state index contributed by atoms with van der Waals surface area (Å²) in [6.07, 6.45) is -3.58. The number of rotatable bonds is 4. The number of hydrogen-bond acceptors (Lipinski definition) is 10. The van der Waals surface area contributed by atoms with Gasteiger partial charge in [-0.2, -0.15) is 0 Å². The molecule has 0 aliphatic carbocycles. The lowest BCUT2D eigenvalue weighted by Crippen LogP contribution is -2.42. The number of benzene rings is 1. The van der Waals surface area contributed by atoms with Crippen LogP contribution >= 0.6 is 0 Å². The molecular weight excluding hydrogens is 402 g/mol. The van der Waals surface area contributed by atoms with E-state index in [1.165, 1.54) is 29.4 Å². The first-order chi connectivity index (χ1) is 13.7. The molecule has 3 heterocycles. The molecule has 154 valence electrons. The average Bonchev–Trinajstić information content (AvgIpc) is 3.24. The standard InChI is InChI=1S/C17H19N5O6S/c1-8-2-4-9(5-3-8)29(26,27)17(25)13-11(23)12(24)16(28-13)22-7-21-10-14(18)19-6-20-15(10)22/h2-7,11-13,16-17,23-25H,1H3,(H2,18,19,20)/t11-,12+,13-,16+,17+/m0/s1. The van der Waals surface area contributed by atoms with Crippen molar-refractivity contribution in [1.82, 2.24) is 19.5 Å². The second-order valence-electron chi connectivity index (χ2n) is 6.80. The molecule has 0 radical (unpaired) electrons. The van der Waals surface area contributed by atoms with Crippen molar-refractivity contribution in [2.24, 2.45) is 0 Å². The van der Waals surface area contributed by atoms with E-state index in [0.717, 1.165) is 5.56 Å². The summed E-state index contributed by atoms with van der Waals surface area (Å²) < 4.78 is 32.4. The van der Waals surface area contributed by atoms with Crippen LogP contribution in [-0.2, 0) is 14.6 Å². The fourth-order valence-electron chi connectivity index (χ4n) is 3.25. The third kappa shape index (κ3) is 3.14. The summed E-state index contributed by atoms with van der Waals surface area (Å²) >= 11 is 0. The van der Waals surface area contributed by atoms with Gasteiger partial charge in [-0.1, -0.05) is 17.7 Å². The SMILES string of the molecule is Cc1ccc(S(=O)(=O)[C@@H](O)[C@H]2O[C@@H](n3cnc4c(N)ncnc43)[C@H](O)[C@@H]2O)cc1. The van der Waals surface area contributed by atoms with Gasteiger partial charge in [-0.3, -0.25) is 4.57 Å². The number of aliphatic hydroxyl groups excluding tert-OH is 3. The van der Waals surface area contributed by atoms with Crippen molar-refractivity contribution in [1.29, 1.82) is 0 Å². The van der Waals surface area contributed by atoms with Crippen LogP contribution in [-0.4, -0.2) is 67.0 Å². The smallest absolute Gasteiger partial charge is 0.207 e. The Balaban J connectivity index is 1.66. The first kappa shape index (κ1) is 19.7. The number of nitrogens with zero attached hydrogens (tertiary/aromatic N) is 4. The van der Waals surface area contributed by atoms with Crippen LogP contribution in [0.25, 0.3) is 11.2 Å². The van der Waals surface area contributed by atoms with Gasteiger partial charge in [-0.15, -0.1) is 0 Å². The van der Waals surface area contributed by atoms with Crippen LogP contribution < -0.4 is 5.73 Å². The number of nitrogens with two attached hydrogens (primary N) is 1. The van der Waals surface area contributed by atoms with Gasteiger partial charge in [0.2, 0.25) is 9.84 Å². The molecule has 12 heteroatoms. The Kier molecular flexibility index (Phi) is 4.75. The van der Waals surface area contributed by atoms with E-state index < -0.39 is 39.8 Å². The molecule has 1 fully saturated rings. The molecule has 4 rings (SSSR count). The van der Waals surface area contributed by atoms with Crippen LogP contribution in [0.2, 0.25) is 0 Å². The third-order valence-corrected chi connectivity index (χ3v) is 6.72. The summed E-state index contributed by atoms with van der Waals surface area (Å²) in [5.74, 6) is 0.111. The molecule has 0 bridgehead atoms. The Morgan fingerprint density at radius 3 is 2.52 bits per heavy atom. The second kappa shape index (κ2) is 7.00. The van der Waals surface area contributed by atoms with E-state index in [1.807, 2.05) is 0 Å². The first-order valence-corrected chi connectivity index (χ1v) is 10.2. The van der Waals surface area contributed by atoms with E-state index in [-0.39, 0.29) is 21.9 Å². The molecule has 1 saturated heterocycles. The molecule has 29 heavy (non-hydrogen) atoms. The summed E-state index contributed by atoms with van der Waals surface area (Å²) in [7, 11) is -4.25. The van der Waals surface area contributed by atoms with Crippen LogP contribution in [0.15, 0.2) is 41.8 Å². The van der Waals surface area contributed by atoms with Gasteiger partial charge in [-0.05, 0) is 19.1 Å². The second-order valence-corrected chi connectivity index (χ2v) is 8.85. The van der Waals surface area contributed by atoms with Crippen molar-refractivity contribution in [3.05, 3.63) is 42.5 Å². The van der Waals surface area contributed by atoms with Crippen molar-refractivity contribution in [3.8, 4) is 0 Å². The number of fused-ring (bicyclic) bond motifs is 1. The molecule has 5 N–H and O–H groups in total. The molecule has 1 aliphatic heterocycles. The fraction of sp³-hybridized carbons (Fsp3) is 0.353. The van der Waals surface area contributed by atoms with Gasteiger partial charge in [0.15, 0.2) is 23.1 Å². The first-order valence-electron chi connectivity index (χ1n) is 8.65. The maximum atomic E-state index is 12.8. The third-order valence-electron chi connectivity index (χ3n) is 4.88. The van der Waals surface area contributed by atoms with E-state index in [0.29, 0.717) is 0 Å². The lowest BCUT2D eigenvalue weighted by atomic mass is 10.1. The van der Waals surface area contributed by atoms with Crippen LogP contribution in [0.4, 0.5) is 5.82 Å². The van der Waals surface area contributed by atoms with Crippen LogP contribution in [0.1, 0.15) is 11.8 Å². The Bertz CT molecular complexity index is 1150. The summed E-state index contributed by atoms with van der Waals surface area (Å²) in [5, 5.41) is 31.3. The molecule has 0 spiro atoms. The van der Waals surface area contributed by atoms with Crippen molar-refractivity contribution in [2.45, 2.75) is 41.8 Å². The summed E-state index contributed by atoms with van der Waals surface area (Å²) in [4.78, 5) is 11.8. The van der Waals surface area contributed by atoms with Gasteiger partial charge < -0.3 is 25.8 Å². The Morgan fingerprint density at radius 1 is 1.14 bits per heavy atom. The van der Waals surface area contributed by atoms with Crippen LogP contribution in [0, 0.1) is 6.92 Å². The predicted octanol–water partition coefficient (Wildman–Crippen LogP) is -0.872. The minimum absolute atomic E-state index is 0.111. The average molecular weight is 421 g/mol. The molecule has 0 unspecified atom stereocenters. The highest BCUT2D eigenvalue weighted by atomic mass is 32.2. The molecular formula is C17H19N5O6S. The van der Waals surface area contributed by atoms with E-state index in [2.05, 4.69) is 15.0 Å². The molecule has 11 nitrogen and oxygen atoms in total. The van der Waals surface area contributed by atoms with Crippen molar-refractivity contribution in [2.75, 3.05) is 5.73 Å². The number of imidazole rings is 1. The number of hydrogen-bond donors (Lipinski definition) is 4. The molecule has 0 saturated carbocycles. The maximum Gasteiger partial charge on any atom is 0.207 e. The number of ether oxygens (including phenoxy) is 1. The van der Waals surface area contributed by atoms with Crippen molar-refractivity contribution >= 4 is 26.8 Å². The zero-order valence-corrected chi connectivity index (χ0v) is 16.0. The van der Waals surface area contributed by atoms with E-state index in [4.69, 9.17) is 10.5 Å². The van der Waals surface area contributed by atoms with Gasteiger partial charge >= 0.3 is 0 Å². The maximum absolute atomic E-state index is 12.8. The highest BCUT2D eigenvalue weighted by Gasteiger charge is 2.51. The molecule has 0 amide bonds. The number of aromatic nitrogens is 4. The van der Waals surface area contributed by atoms with Crippen LogP contribution in [0.3, 0.4) is 0 Å². The molecule has 1 aromatic carbocycles. The van der Waals surface area contributed by atoms with Gasteiger partial charge in [0.05, 0.1) is 11.2 Å². The van der Waals surface area contributed by atoms with Crippen molar-refractivity contribution < 1.29 is 28.5 Å². The fourth-order valence-corrected chi connectivity index (χ4v) is 4.62. The van der Waals surface area contributed by atoms with Gasteiger partial charge in [0, 0.05) is 0 Å². The minimum Gasteiger partial charge on any atom is -0.387 e. The molecule has 5 atom stereocenters. The molecule has 1 aliphatic rings. The highest BCUT2D eigenvalue weighted by molar-refractivity contribution is 7.92. The molecule has 2 aromatic heterocycles. The normalized spacial score (nSPS) is 26.1. The number of nitrogen functional groups attached to an aromatic ring is 1. The summed E-state index contributed by atoms with van der Waals surface area (Å²) in [6, 6.07) is 5.88. The highest BCUT2D eigenvalue weighted by Crippen LogP contribution is 2.35. The van der Waals surface area contributed by atoms with Gasteiger partial charge in [0.25, 0.3) is 0 Å². The van der Waals surface area contributed by atoms with Gasteiger partial charge in [0.1, 0.15) is 30.2 Å². The zero-order valence-electron chi connectivity index (χ0n) is 15.2. The van der Waals surface area contributed by atoms with E-state index in [1.54, 1.807) is 19.1 Å². The monoisotopic (exact) mass is 421 g/mol. The Hall–Kier alpha value is -2.64. The lowest BCUT2D eigenvalue weighted by molar-refractivity contribution is -0.0615. The number of aliphatic hydroxyl groups is 3. The lowest BCUT2D eigenvalue weighted by Gasteiger charge is -2.21. The predicted molar refractivity (Wildman–Crippen MR) is 100 cm³/mol. The largest absolute Gasteiger partial charge is 0.387 e. The molecule has 3 aromatic rings.